The zero-order chi connectivity index (χ0) is 20.5. The number of methoxy groups -OCH3 is 1. The molecule has 0 saturated heterocycles. The summed E-state index contributed by atoms with van der Waals surface area (Å²) in [5.41, 5.74) is 1.05. The van der Waals surface area contributed by atoms with E-state index in [1.807, 2.05) is 24.3 Å². The van der Waals surface area contributed by atoms with E-state index in [-0.39, 0.29) is 6.61 Å². The van der Waals surface area contributed by atoms with Crippen molar-refractivity contribution in [2.24, 2.45) is 0 Å². The molecule has 0 aromatic heterocycles. The molecule has 1 aromatic carbocycles. The number of hydrogen-bond donors (Lipinski definition) is 4. The van der Waals surface area contributed by atoms with E-state index in [1.54, 1.807) is 7.11 Å². The quantitative estimate of drug-likeness (QED) is 0.231. The van der Waals surface area contributed by atoms with E-state index in [0.29, 0.717) is 26.4 Å². The van der Waals surface area contributed by atoms with Crippen molar-refractivity contribution in [1.82, 2.24) is 5.32 Å². The van der Waals surface area contributed by atoms with Gasteiger partial charge in [-0.25, -0.2) is 9.59 Å². The van der Waals surface area contributed by atoms with Crippen LogP contribution in [0.15, 0.2) is 30.9 Å². The molecule has 0 unspecified atom stereocenters. The van der Waals surface area contributed by atoms with Crippen LogP contribution in [-0.4, -0.2) is 73.9 Å². The van der Waals surface area contributed by atoms with Crippen molar-refractivity contribution < 1.29 is 39.1 Å². The third kappa shape index (κ3) is 12.4. The Labute approximate surface area is 158 Å². The van der Waals surface area contributed by atoms with Gasteiger partial charge in [0.15, 0.2) is 0 Å². The molecule has 27 heavy (non-hydrogen) atoms. The van der Waals surface area contributed by atoms with Gasteiger partial charge >= 0.3 is 11.9 Å². The fraction of sp³-hybridized carbons (Fsp3) is 0.444. The van der Waals surface area contributed by atoms with Crippen LogP contribution in [0, 0.1) is 0 Å². The van der Waals surface area contributed by atoms with Crippen molar-refractivity contribution in [3.05, 3.63) is 36.4 Å². The lowest BCUT2D eigenvalue weighted by molar-refractivity contribution is -0.159. The summed E-state index contributed by atoms with van der Waals surface area (Å²) >= 11 is 0. The lowest BCUT2D eigenvalue weighted by Crippen LogP contribution is -2.23. The Kier molecular flexibility index (Phi) is 14.1. The summed E-state index contributed by atoms with van der Waals surface area (Å²) in [7, 11) is 1.65. The van der Waals surface area contributed by atoms with Crippen LogP contribution in [-0.2, 0) is 20.7 Å². The zero-order valence-electron chi connectivity index (χ0n) is 15.3. The first-order valence-corrected chi connectivity index (χ1v) is 8.22. The van der Waals surface area contributed by atoms with E-state index >= 15 is 0 Å². The van der Waals surface area contributed by atoms with Crippen molar-refractivity contribution in [3.8, 4) is 11.5 Å². The minimum atomic E-state index is -1.82. The molecule has 1 rings (SSSR count). The smallest absolute Gasteiger partial charge is 0.414 e. The SMILES string of the molecule is C=CCc1cc(OC)ccc1OCCOCCNCCO.O=C(O)C(=O)O. The molecule has 4 N–H and O–H groups in total. The highest BCUT2D eigenvalue weighted by Crippen LogP contribution is 2.24. The molecule has 1 aromatic rings. The van der Waals surface area contributed by atoms with Gasteiger partial charge in [0.2, 0.25) is 0 Å². The van der Waals surface area contributed by atoms with Crippen molar-refractivity contribution in [3.63, 3.8) is 0 Å². The number of carbonyl (C=O) groups is 2. The fourth-order valence-corrected chi connectivity index (χ4v) is 1.80. The molecule has 0 spiro atoms. The highest BCUT2D eigenvalue weighted by Gasteiger charge is 2.05. The summed E-state index contributed by atoms with van der Waals surface area (Å²) in [6, 6.07) is 5.73. The number of ether oxygens (including phenoxy) is 3. The summed E-state index contributed by atoms with van der Waals surface area (Å²) in [4.78, 5) is 18.2. The van der Waals surface area contributed by atoms with Gasteiger partial charge in [0, 0.05) is 18.7 Å². The Balaban J connectivity index is 0.000000972. The maximum atomic E-state index is 9.10. The Bertz CT molecular complexity index is 564. The Morgan fingerprint density at radius 2 is 1.85 bits per heavy atom. The van der Waals surface area contributed by atoms with Crippen LogP contribution in [0.1, 0.15) is 5.56 Å². The van der Waals surface area contributed by atoms with Crippen LogP contribution in [0.4, 0.5) is 0 Å². The molecule has 0 atom stereocenters. The van der Waals surface area contributed by atoms with E-state index in [1.165, 1.54) is 0 Å². The maximum absolute atomic E-state index is 9.10. The van der Waals surface area contributed by atoms with Gasteiger partial charge in [0.1, 0.15) is 18.1 Å². The summed E-state index contributed by atoms with van der Waals surface area (Å²) in [6.07, 6.45) is 2.57. The van der Waals surface area contributed by atoms with Crippen LogP contribution in [0.25, 0.3) is 0 Å². The van der Waals surface area contributed by atoms with E-state index in [9.17, 15) is 0 Å². The lowest BCUT2D eigenvalue weighted by Gasteiger charge is -2.12. The third-order valence-electron chi connectivity index (χ3n) is 3.01. The molecule has 152 valence electrons. The number of rotatable bonds is 12. The van der Waals surface area contributed by atoms with Gasteiger partial charge in [-0.15, -0.1) is 6.58 Å². The first-order chi connectivity index (χ1) is 13.0. The first-order valence-electron chi connectivity index (χ1n) is 8.22. The van der Waals surface area contributed by atoms with Gasteiger partial charge in [-0.2, -0.15) is 0 Å². The van der Waals surface area contributed by atoms with Crippen molar-refractivity contribution in [2.45, 2.75) is 6.42 Å². The molecule has 0 aliphatic carbocycles. The van der Waals surface area contributed by atoms with E-state index in [4.69, 9.17) is 39.1 Å². The molecule has 0 bridgehead atoms. The Morgan fingerprint density at radius 1 is 1.15 bits per heavy atom. The molecule has 0 saturated carbocycles. The first kappa shape index (κ1) is 24.4. The predicted octanol–water partition coefficient (Wildman–Crippen LogP) is 0.557. The molecule has 0 radical (unpaired) electrons. The average Bonchev–Trinajstić information content (AvgIpc) is 2.65. The maximum Gasteiger partial charge on any atom is 0.414 e. The highest BCUT2D eigenvalue weighted by molar-refractivity contribution is 6.27. The molecule has 9 nitrogen and oxygen atoms in total. The minimum absolute atomic E-state index is 0.145. The average molecular weight is 385 g/mol. The minimum Gasteiger partial charge on any atom is -0.497 e. The number of aliphatic hydroxyl groups is 1. The second-order valence-electron chi connectivity index (χ2n) is 5.01. The summed E-state index contributed by atoms with van der Waals surface area (Å²) in [5, 5.41) is 26.4. The standard InChI is InChI=1S/C16H25NO4.C2H2O4/c1-3-4-14-13-15(19-2)5-6-16(14)21-12-11-20-10-8-17-7-9-18;3-1(4)2(5)6/h3,5-6,13,17-18H,1,4,7-12H2,2H3;(H,3,4)(H,5,6). The number of nitrogens with one attached hydrogen (secondary N) is 1. The number of allylic oxidation sites excluding steroid dienone is 1. The van der Waals surface area contributed by atoms with Gasteiger partial charge in [0.05, 0.1) is 26.9 Å². The molecule has 9 heteroatoms. The number of carboxylic acids is 2. The lowest BCUT2D eigenvalue weighted by atomic mass is 10.1. The highest BCUT2D eigenvalue weighted by atomic mass is 16.5. The molecule has 0 fully saturated rings. The number of carboxylic acid groups (broad SMARTS) is 2. The van der Waals surface area contributed by atoms with Crippen molar-refractivity contribution in [2.75, 3.05) is 46.6 Å². The van der Waals surface area contributed by atoms with Gasteiger partial charge in [-0.05, 0) is 24.6 Å². The Morgan fingerprint density at radius 3 is 2.41 bits per heavy atom. The van der Waals surface area contributed by atoms with Crippen LogP contribution in [0.3, 0.4) is 0 Å². The van der Waals surface area contributed by atoms with Crippen molar-refractivity contribution >= 4 is 11.9 Å². The molecule has 0 aliphatic rings. The normalized spacial score (nSPS) is 9.70. The largest absolute Gasteiger partial charge is 0.497 e. The molecular weight excluding hydrogens is 358 g/mol. The number of aliphatic carboxylic acids is 2. The fourth-order valence-electron chi connectivity index (χ4n) is 1.80. The number of hydrogen-bond acceptors (Lipinski definition) is 7. The van der Waals surface area contributed by atoms with E-state index < -0.39 is 11.9 Å². The summed E-state index contributed by atoms with van der Waals surface area (Å²) in [6.45, 7) is 6.85. The third-order valence-corrected chi connectivity index (χ3v) is 3.01. The molecular formula is C18H27NO8. The van der Waals surface area contributed by atoms with E-state index in [0.717, 1.165) is 30.0 Å². The van der Waals surface area contributed by atoms with Crippen LogP contribution < -0.4 is 14.8 Å². The van der Waals surface area contributed by atoms with Crippen molar-refractivity contribution in [1.29, 1.82) is 0 Å². The second-order valence-corrected chi connectivity index (χ2v) is 5.01. The number of benzene rings is 1. The Hall–Kier alpha value is -2.62. The van der Waals surface area contributed by atoms with Gasteiger partial charge < -0.3 is 34.8 Å². The van der Waals surface area contributed by atoms with Crippen LogP contribution in [0.2, 0.25) is 0 Å². The summed E-state index contributed by atoms with van der Waals surface area (Å²) in [5.74, 6) is -2.01. The molecule has 0 aliphatic heterocycles. The van der Waals surface area contributed by atoms with E-state index in [2.05, 4.69) is 11.9 Å². The summed E-state index contributed by atoms with van der Waals surface area (Å²) < 4.78 is 16.4. The van der Waals surface area contributed by atoms with Gasteiger partial charge in [0.25, 0.3) is 0 Å². The molecule has 0 amide bonds. The van der Waals surface area contributed by atoms with Gasteiger partial charge in [-0.1, -0.05) is 6.08 Å². The topological polar surface area (TPSA) is 135 Å². The predicted molar refractivity (Wildman–Crippen MR) is 98.4 cm³/mol. The van der Waals surface area contributed by atoms with Crippen LogP contribution in [0.5, 0.6) is 11.5 Å². The van der Waals surface area contributed by atoms with Crippen LogP contribution >= 0.6 is 0 Å². The zero-order valence-corrected chi connectivity index (χ0v) is 15.3. The van der Waals surface area contributed by atoms with Gasteiger partial charge in [-0.3, -0.25) is 0 Å². The number of aliphatic hydroxyl groups excluding tert-OH is 1. The molecule has 0 heterocycles. The monoisotopic (exact) mass is 385 g/mol. The second kappa shape index (κ2) is 15.6.